The Bertz CT molecular complexity index is 561. The molecule has 106 valence electrons. The van der Waals surface area contributed by atoms with Gasteiger partial charge in [-0.1, -0.05) is 11.6 Å². The second kappa shape index (κ2) is 6.69. The first-order chi connectivity index (χ1) is 8.79. The van der Waals surface area contributed by atoms with Gasteiger partial charge in [0.2, 0.25) is 10.0 Å². The number of unbranched alkanes of at least 4 members (excludes halogenated alkanes) is 1. The number of nitro benzene ring substituents is 1. The van der Waals surface area contributed by atoms with Gasteiger partial charge < -0.3 is 4.74 Å². The number of benzene rings is 1. The van der Waals surface area contributed by atoms with Crippen molar-refractivity contribution < 1.29 is 18.1 Å². The van der Waals surface area contributed by atoms with E-state index in [1.165, 1.54) is 18.2 Å². The molecule has 0 aromatic heterocycles. The van der Waals surface area contributed by atoms with Gasteiger partial charge in [-0.05, 0) is 18.9 Å². The highest BCUT2D eigenvalue weighted by Gasteiger charge is 2.12. The summed E-state index contributed by atoms with van der Waals surface area (Å²) in [6.07, 6.45) is 0.893. The summed E-state index contributed by atoms with van der Waals surface area (Å²) >= 11 is 5.71. The number of nitrogens with two attached hydrogens (primary N) is 1. The fraction of sp³-hybridized carbons (Fsp3) is 0.400. The summed E-state index contributed by atoms with van der Waals surface area (Å²) in [5, 5.41) is 15.4. The monoisotopic (exact) mass is 308 g/mol. The molecular formula is C10H13ClN2O5S. The SMILES string of the molecule is NS(=O)(=O)CCCCOc1ccc([N+](=O)[O-])c(Cl)c1. The molecule has 1 rings (SSSR count). The number of ether oxygens (including phenoxy) is 1. The summed E-state index contributed by atoms with van der Waals surface area (Å²) in [6.45, 7) is 0.281. The van der Waals surface area contributed by atoms with Gasteiger partial charge in [0, 0.05) is 12.1 Å². The Labute approximate surface area is 115 Å². The zero-order valence-electron chi connectivity index (χ0n) is 9.91. The van der Waals surface area contributed by atoms with Crippen LogP contribution in [0.25, 0.3) is 0 Å². The number of hydrogen-bond donors (Lipinski definition) is 1. The molecular weight excluding hydrogens is 296 g/mol. The van der Waals surface area contributed by atoms with E-state index in [1.807, 2.05) is 0 Å². The largest absolute Gasteiger partial charge is 0.494 e. The van der Waals surface area contributed by atoms with Crippen LogP contribution >= 0.6 is 11.6 Å². The number of sulfonamides is 1. The molecule has 0 fully saturated rings. The molecule has 0 amide bonds. The number of nitro groups is 1. The van der Waals surface area contributed by atoms with Crippen molar-refractivity contribution in [1.82, 2.24) is 0 Å². The van der Waals surface area contributed by atoms with Gasteiger partial charge in [-0.15, -0.1) is 0 Å². The first-order valence-corrected chi connectivity index (χ1v) is 7.46. The summed E-state index contributed by atoms with van der Waals surface area (Å²) in [7, 11) is -3.44. The minimum atomic E-state index is -3.44. The summed E-state index contributed by atoms with van der Waals surface area (Å²) in [4.78, 5) is 9.95. The number of nitrogens with zero attached hydrogens (tertiary/aromatic N) is 1. The molecule has 0 saturated carbocycles. The molecule has 1 aromatic carbocycles. The summed E-state index contributed by atoms with van der Waals surface area (Å²) in [5.74, 6) is 0.295. The zero-order chi connectivity index (χ0) is 14.5. The Balaban J connectivity index is 2.42. The third kappa shape index (κ3) is 5.86. The number of primary sulfonamides is 1. The molecule has 7 nitrogen and oxygen atoms in total. The topological polar surface area (TPSA) is 113 Å². The third-order valence-electron chi connectivity index (χ3n) is 2.21. The standard InChI is InChI=1S/C10H13ClN2O5S/c11-9-7-8(3-4-10(9)13(14)15)18-5-1-2-6-19(12,16)17/h3-4,7H,1-2,5-6H2,(H2,12,16,17). The average molecular weight is 309 g/mol. The number of halogens is 1. The van der Waals surface area contributed by atoms with Crippen molar-refractivity contribution in [3.63, 3.8) is 0 Å². The highest BCUT2D eigenvalue weighted by molar-refractivity contribution is 7.89. The van der Waals surface area contributed by atoms with Gasteiger partial charge in [-0.25, -0.2) is 13.6 Å². The third-order valence-corrected chi connectivity index (χ3v) is 3.37. The Kier molecular flexibility index (Phi) is 5.52. The van der Waals surface area contributed by atoms with Crippen LogP contribution in [0.5, 0.6) is 5.75 Å². The van der Waals surface area contributed by atoms with Crippen molar-refractivity contribution in [2.75, 3.05) is 12.4 Å². The quantitative estimate of drug-likeness (QED) is 0.468. The van der Waals surface area contributed by atoms with E-state index in [1.54, 1.807) is 0 Å². The fourth-order valence-corrected chi connectivity index (χ4v) is 2.17. The van der Waals surface area contributed by atoms with Crippen molar-refractivity contribution >= 4 is 27.3 Å². The molecule has 1 aromatic rings. The van der Waals surface area contributed by atoms with Gasteiger partial charge in [-0.2, -0.15) is 0 Å². The van der Waals surface area contributed by atoms with Gasteiger partial charge >= 0.3 is 0 Å². The van der Waals surface area contributed by atoms with Gasteiger partial charge in [-0.3, -0.25) is 10.1 Å². The van der Waals surface area contributed by atoms with Crippen LogP contribution in [0.15, 0.2) is 18.2 Å². The molecule has 19 heavy (non-hydrogen) atoms. The maximum atomic E-state index is 10.7. The average Bonchev–Trinajstić information content (AvgIpc) is 2.26. The second-order valence-electron chi connectivity index (χ2n) is 3.79. The van der Waals surface area contributed by atoms with E-state index < -0.39 is 14.9 Å². The van der Waals surface area contributed by atoms with Gasteiger partial charge in [0.25, 0.3) is 5.69 Å². The maximum Gasteiger partial charge on any atom is 0.288 e. The van der Waals surface area contributed by atoms with Crippen LogP contribution < -0.4 is 9.88 Å². The lowest BCUT2D eigenvalue weighted by atomic mass is 10.3. The molecule has 0 heterocycles. The highest BCUT2D eigenvalue weighted by Crippen LogP contribution is 2.28. The normalized spacial score (nSPS) is 11.3. The minimum Gasteiger partial charge on any atom is -0.494 e. The Hall–Kier alpha value is -1.38. The lowest BCUT2D eigenvalue weighted by Gasteiger charge is -2.06. The molecule has 0 unspecified atom stereocenters. The first-order valence-electron chi connectivity index (χ1n) is 5.37. The second-order valence-corrected chi connectivity index (χ2v) is 5.93. The van der Waals surface area contributed by atoms with Crippen molar-refractivity contribution in [1.29, 1.82) is 0 Å². The van der Waals surface area contributed by atoms with Gasteiger partial charge in [0.1, 0.15) is 10.8 Å². The van der Waals surface area contributed by atoms with E-state index in [9.17, 15) is 18.5 Å². The van der Waals surface area contributed by atoms with E-state index in [4.69, 9.17) is 21.5 Å². The predicted molar refractivity (Wildman–Crippen MR) is 70.8 cm³/mol. The summed E-state index contributed by atoms with van der Waals surface area (Å²) in [6, 6.07) is 4.03. The molecule has 0 aliphatic carbocycles. The number of rotatable bonds is 7. The molecule has 9 heteroatoms. The summed E-state index contributed by atoms with van der Waals surface area (Å²) < 4.78 is 26.6. The first kappa shape index (κ1) is 15.7. The maximum absolute atomic E-state index is 10.7. The lowest BCUT2D eigenvalue weighted by molar-refractivity contribution is -0.384. The highest BCUT2D eigenvalue weighted by atomic mass is 35.5. The van der Waals surface area contributed by atoms with Crippen molar-refractivity contribution in [2.24, 2.45) is 5.14 Å². The van der Waals surface area contributed by atoms with Crippen LogP contribution in [-0.4, -0.2) is 25.7 Å². The molecule has 0 bridgehead atoms. The van der Waals surface area contributed by atoms with Crippen LogP contribution in [0.1, 0.15) is 12.8 Å². The molecule has 0 spiro atoms. The molecule has 0 radical (unpaired) electrons. The molecule has 0 atom stereocenters. The lowest BCUT2D eigenvalue weighted by Crippen LogP contribution is -2.16. The predicted octanol–water partition coefficient (Wildman–Crippen LogP) is 1.70. The minimum absolute atomic E-state index is 0.00737. The Morgan fingerprint density at radius 2 is 2.05 bits per heavy atom. The van der Waals surface area contributed by atoms with Gasteiger partial charge in [0.05, 0.1) is 17.3 Å². The van der Waals surface area contributed by atoms with Gasteiger partial charge in [0.15, 0.2) is 0 Å². The smallest absolute Gasteiger partial charge is 0.288 e. The zero-order valence-corrected chi connectivity index (χ0v) is 11.5. The Morgan fingerprint density at radius 3 is 2.58 bits per heavy atom. The van der Waals surface area contributed by atoms with E-state index in [-0.39, 0.29) is 23.1 Å². The van der Waals surface area contributed by atoms with Crippen LogP contribution in [0, 0.1) is 10.1 Å². The molecule has 0 aliphatic heterocycles. The van der Waals surface area contributed by atoms with Crippen LogP contribution in [0.4, 0.5) is 5.69 Å². The summed E-state index contributed by atoms with van der Waals surface area (Å²) in [5.41, 5.74) is -0.191. The van der Waals surface area contributed by atoms with E-state index >= 15 is 0 Å². The van der Waals surface area contributed by atoms with Crippen molar-refractivity contribution in [3.05, 3.63) is 33.3 Å². The molecule has 0 saturated heterocycles. The van der Waals surface area contributed by atoms with E-state index in [2.05, 4.69) is 0 Å². The van der Waals surface area contributed by atoms with Crippen LogP contribution in [-0.2, 0) is 10.0 Å². The Morgan fingerprint density at radius 1 is 1.37 bits per heavy atom. The fourth-order valence-electron chi connectivity index (χ4n) is 1.32. The van der Waals surface area contributed by atoms with E-state index in [0.29, 0.717) is 18.6 Å². The van der Waals surface area contributed by atoms with Crippen molar-refractivity contribution in [2.45, 2.75) is 12.8 Å². The van der Waals surface area contributed by atoms with Crippen LogP contribution in [0.3, 0.4) is 0 Å². The van der Waals surface area contributed by atoms with E-state index in [0.717, 1.165) is 0 Å². The molecule has 2 N–H and O–H groups in total. The number of hydrogen-bond acceptors (Lipinski definition) is 5. The van der Waals surface area contributed by atoms with Crippen molar-refractivity contribution in [3.8, 4) is 5.75 Å². The van der Waals surface area contributed by atoms with Crippen LogP contribution in [0.2, 0.25) is 5.02 Å². The molecule has 0 aliphatic rings.